The number of urea groups is 1. The Bertz CT molecular complexity index is 378. The molecule has 1 atom stereocenters. The maximum Gasteiger partial charge on any atom is 0.315 e. The fourth-order valence-corrected chi connectivity index (χ4v) is 1.50. The monoisotopic (exact) mass is 254 g/mol. The smallest absolute Gasteiger partial charge is 0.315 e. The summed E-state index contributed by atoms with van der Waals surface area (Å²) in [6.45, 7) is 2.32. The predicted octanol–water partition coefficient (Wildman–Crippen LogP) is 0.710. The summed E-state index contributed by atoms with van der Waals surface area (Å²) < 4.78 is 0. The van der Waals surface area contributed by atoms with E-state index >= 15 is 0 Å². The number of carbonyl (C=O) groups is 2. The third-order valence-corrected chi connectivity index (χ3v) is 2.47. The van der Waals surface area contributed by atoms with Crippen LogP contribution in [-0.4, -0.2) is 33.6 Å². The number of amides is 2. The van der Waals surface area contributed by atoms with E-state index in [0.717, 1.165) is 6.42 Å². The first-order chi connectivity index (χ1) is 8.63. The van der Waals surface area contributed by atoms with E-state index in [9.17, 15) is 9.59 Å². The molecule has 1 unspecified atom stereocenters. The van der Waals surface area contributed by atoms with Gasteiger partial charge in [-0.05, 0) is 6.42 Å². The van der Waals surface area contributed by atoms with E-state index in [1.165, 1.54) is 0 Å². The molecule has 0 aliphatic rings. The number of carboxylic acid groups (broad SMARTS) is 1. The van der Waals surface area contributed by atoms with E-state index in [-0.39, 0.29) is 13.1 Å². The van der Waals surface area contributed by atoms with Gasteiger partial charge in [-0.15, -0.1) is 0 Å². The fourth-order valence-electron chi connectivity index (χ4n) is 1.50. The van der Waals surface area contributed by atoms with Crippen LogP contribution in [0.3, 0.4) is 0 Å². The molecule has 7 nitrogen and oxygen atoms in total. The lowest BCUT2D eigenvalue weighted by Gasteiger charge is -2.12. The van der Waals surface area contributed by atoms with Crippen molar-refractivity contribution in [3.05, 3.63) is 18.2 Å². The molecule has 7 heteroatoms. The molecule has 0 saturated heterocycles. The third-order valence-electron chi connectivity index (χ3n) is 2.47. The number of carboxylic acids is 1. The van der Waals surface area contributed by atoms with Crippen LogP contribution in [0.4, 0.5) is 4.79 Å². The standard InChI is InChI=1S/C11H18N4O3/c1-2-3-8(10(16)17)6-14-11(18)15-7-9-12-4-5-13-9/h4-5,8H,2-3,6-7H2,1H3,(H,12,13)(H,16,17)(H2,14,15,18). The molecule has 4 N–H and O–H groups in total. The zero-order chi connectivity index (χ0) is 13.4. The fraction of sp³-hybridized carbons (Fsp3) is 0.545. The van der Waals surface area contributed by atoms with Crippen molar-refractivity contribution in [2.45, 2.75) is 26.3 Å². The van der Waals surface area contributed by atoms with Crippen LogP contribution in [0.5, 0.6) is 0 Å². The van der Waals surface area contributed by atoms with Crippen molar-refractivity contribution < 1.29 is 14.7 Å². The van der Waals surface area contributed by atoms with Crippen molar-refractivity contribution in [1.82, 2.24) is 20.6 Å². The van der Waals surface area contributed by atoms with Crippen LogP contribution in [0.2, 0.25) is 0 Å². The average molecular weight is 254 g/mol. The molecule has 0 saturated carbocycles. The molecule has 0 aromatic carbocycles. The number of aromatic amines is 1. The Balaban J connectivity index is 2.25. The Hall–Kier alpha value is -2.05. The molecule has 0 spiro atoms. The number of hydrogen-bond donors (Lipinski definition) is 4. The van der Waals surface area contributed by atoms with Crippen LogP contribution in [0.25, 0.3) is 0 Å². The van der Waals surface area contributed by atoms with E-state index in [2.05, 4.69) is 20.6 Å². The minimum absolute atomic E-state index is 0.132. The zero-order valence-corrected chi connectivity index (χ0v) is 10.3. The van der Waals surface area contributed by atoms with Crippen molar-refractivity contribution in [2.75, 3.05) is 6.54 Å². The van der Waals surface area contributed by atoms with Gasteiger partial charge < -0.3 is 20.7 Å². The Kier molecular flexibility index (Phi) is 5.69. The van der Waals surface area contributed by atoms with Crippen LogP contribution in [0, 0.1) is 5.92 Å². The molecular weight excluding hydrogens is 236 g/mol. The minimum Gasteiger partial charge on any atom is -0.481 e. The first-order valence-corrected chi connectivity index (χ1v) is 5.86. The molecule has 2 amide bonds. The molecular formula is C11H18N4O3. The molecule has 1 aromatic heterocycles. The number of nitrogens with zero attached hydrogens (tertiary/aromatic N) is 1. The lowest BCUT2D eigenvalue weighted by Crippen LogP contribution is -2.39. The summed E-state index contributed by atoms with van der Waals surface area (Å²) in [7, 11) is 0. The maximum absolute atomic E-state index is 11.4. The lowest BCUT2D eigenvalue weighted by molar-refractivity contribution is -0.141. The molecule has 18 heavy (non-hydrogen) atoms. The highest BCUT2D eigenvalue weighted by Crippen LogP contribution is 2.04. The molecule has 0 aliphatic carbocycles. The summed E-state index contributed by atoms with van der Waals surface area (Å²) in [6.07, 6.45) is 4.58. The maximum atomic E-state index is 11.4. The predicted molar refractivity (Wildman–Crippen MR) is 64.9 cm³/mol. The SMILES string of the molecule is CCCC(CNC(=O)NCc1ncc[nH]1)C(=O)O. The van der Waals surface area contributed by atoms with Gasteiger partial charge in [0.2, 0.25) is 0 Å². The summed E-state index contributed by atoms with van der Waals surface area (Å²) in [5.41, 5.74) is 0. The molecule has 0 fully saturated rings. The second kappa shape index (κ2) is 7.31. The van der Waals surface area contributed by atoms with Crippen LogP contribution in [0.15, 0.2) is 12.4 Å². The number of imidazole rings is 1. The second-order valence-electron chi connectivity index (χ2n) is 3.92. The Morgan fingerprint density at radius 3 is 2.83 bits per heavy atom. The van der Waals surface area contributed by atoms with Gasteiger partial charge in [-0.1, -0.05) is 13.3 Å². The normalized spacial score (nSPS) is 11.8. The van der Waals surface area contributed by atoms with E-state index in [4.69, 9.17) is 5.11 Å². The Morgan fingerprint density at radius 1 is 1.50 bits per heavy atom. The summed E-state index contributed by atoms with van der Waals surface area (Å²) in [4.78, 5) is 29.1. The number of carbonyl (C=O) groups excluding carboxylic acids is 1. The van der Waals surface area contributed by atoms with Crippen molar-refractivity contribution in [2.24, 2.45) is 5.92 Å². The Labute approximate surface area is 105 Å². The van der Waals surface area contributed by atoms with Gasteiger partial charge in [0.25, 0.3) is 0 Å². The van der Waals surface area contributed by atoms with Crippen molar-refractivity contribution >= 4 is 12.0 Å². The highest BCUT2D eigenvalue weighted by molar-refractivity contribution is 5.75. The highest BCUT2D eigenvalue weighted by Gasteiger charge is 2.16. The van der Waals surface area contributed by atoms with Crippen LogP contribution >= 0.6 is 0 Å². The van der Waals surface area contributed by atoms with Crippen molar-refractivity contribution in [3.8, 4) is 0 Å². The average Bonchev–Trinajstić information content (AvgIpc) is 2.84. The van der Waals surface area contributed by atoms with Crippen molar-refractivity contribution in [3.63, 3.8) is 0 Å². The molecule has 1 rings (SSSR count). The molecule has 1 aromatic rings. The van der Waals surface area contributed by atoms with Gasteiger partial charge in [0.1, 0.15) is 5.82 Å². The first kappa shape index (κ1) is 14.0. The van der Waals surface area contributed by atoms with Crippen LogP contribution < -0.4 is 10.6 Å². The van der Waals surface area contributed by atoms with Crippen LogP contribution in [-0.2, 0) is 11.3 Å². The number of aliphatic carboxylic acids is 1. The lowest BCUT2D eigenvalue weighted by atomic mass is 10.0. The van der Waals surface area contributed by atoms with Gasteiger partial charge in [0, 0.05) is 18.9 Å². The van der Waals surface area contributed by atoms with E-state index in [0.29, 0.717) is 12.2 Å². The van der Waals surface area contributed by atoms with E-state index in [1.54, 1.807) is 12.4 Å². The molecule has 0 aliphatic heterocycles. The van der Waals surface area contributed by atoms with Crippen molar-refractivity contribution in [1.29, 1.82) is 0 Å². The number of H-pyrrole nitrogens is 1. The van der Waals surface area contributed by atoms with Gasteiger partial charge in [0.05, 0.1) is 12.5 Å². The quantitative estimate of drug-likeness (QED) is 0.574. The van der Waals surface area contributed by atoms with E-state index < -0.39 is 17.9 Å². The van der Waals surface area contributed by atoms with Gasteiger partial charge in [-0.25, -0.2) is 9.78 Å². The molecule has 0 radical (unpaired) electrons. The molecule has 100 valence electrons. The second-order valence-corrected chi connectivity index (χ2v) is 3.92. The number of nitrogens with one attached hydrogen (secondary N) is 3. The van der Waals surface area contributed by atoms with Crippen LogP contribution in [0.1, 0.15) is 25.6 Å². The number of rotatable bonds is 7. The summed E-state index contributed by atoms with van der Waals surface area (Å²) >= 11 is 0. The van der Waals surface area contributed by atoms with Gasteiger partial charge in [-0.2, -0.15) is 0 Å². The number of hydrogen-bond acceptors (Lipinski definition) is 3. The summed E-state index contributed by atoms with van der Waals surface area (Å²) in [5.74, 6) is -0.777. The first-order valence-electron chi connectivity index (χ1n) is 5.86. The molecule has 1 heterocycles. The largest absolute Gasteiger partial charge is 0.481 e. The van der Waals surface area contributed by atoms with Gasteiger partial charge in [0.15, 0.2) is 0 Å². The molecule has 0 bridgehead atoms. The highest BCUT2D eigenvalue weighted by atomic mass is 16.4. The van der Waals surface area contributed by atoms with Gasteiger partial charge >= 0.3 is 12.0 Å². The number of aromatic nitrogens is 2. The Morgan fingerprint density at radius 2 is 2.28 bits per heavy atom. The van der Waals surface area contributed by atoms with Gasteiger partial charge in [-0.3, -0.25) is 4.79 Å². The summed E-state index contributed by atoms with van der Waals surface area (Å²) in [6, 6.07) is -0.395. The third kappa shape index (κ3) is 4.86. The summed E-state index contributed by atoms with van der Waals surface area (Å²) in [5, 5.41) is 14.0. The zero-order valence-electron chi connectivity index (χ0n) is 10.3. The minimum atomic E-state index is -0.886. The van der Waals surface area contributed by atoms with E-state index in [1.807, 2.05) is 6.92 Å². The topological polar surface area (TPSA) is 107 Å².